The van der Waals surface area contributed by atoms with Crippen molar-refractivity contribution in [1.82, 2.24) is 5.32 Å². The van der Waals surface area contributed by atoms with Crippen LogP contribution < -0.4 is 10.1 Å². The van der Waals surface area contributed by atoms with Crippen molar-refractivity contribution < 1.29 is 19.2 Å². The van der Waals surface area contributed by atoms with Crippen LogP contribution in [0.5, 0.6) is 5.75 Å². The van der Waals surface area contributed by atoms with E-state index in [0.29, 0.717) is 18.5 Å². The summed E-state index contributed by atoms with van der Waals surface area (Å²) in [6.45, 7) is 2.60. The smallest absolute Gasteiger partial charge is 0.327 e. The van der Waals surface area contributed by atoms with Gasteiger partial charge in [0, 0.05) is 12.6 Å². The molecule has 0 bridgehead atoms. The number of esters is 1. The number of fused-ring (bicyclic) bond motifs is 1. The largest absolute Gasteiger partial charge is 0.490 e. The Morgan fingerprint density at radius 2 is 2.30 bits per heavy atom. The first-order chi connectivity index (χ1) is 9.58. The fraction of sp³-hybridized carbons (Fsp3) is 0.462. The number of nitro benzene ring substituents is 1. The third-order valence-electron chi connectivity index (χ3n) is 3.21. The highest BCUT2D eigenvalue weighted by Gasteiger charge is 2.31. The number of nitrogens with one attached hydrogen (secondary N) is 1. The maximum absolute atomic E-state index is 11.9. The molecule has 1 aromatic rings. The molecule has 1 heterocycles. The molecule has 0 amide bonds. The van der Waals surface area contributed by atoms with E-state index in [2.05, 4.69) is 5.32 Å². The lowest BCUT2D eigenvalue weighted by Crippen LogP contribution is -2.36. The molecule has 0 fully saturated rings. The number of ether oxygens (including phenoxy) is 2. The Bertz CT molecular complexity index is 544. The molecule has 0 saturated heterocycles. The number of nitro groups is 1. The maximum atomic E-state index is 11.9. The van der Waals surface area contributed by atoms with E-state index in [0.717, 1.165) is 5.56 Å². The highest BCUT2D eigenvalue weighted by molar-refractivity contribution is 5.79. The summed E-state index contributed by atoms with van der Waals surface area (Å²) in [5, 5.41) is 14.1. The topological polar surface area (TPSA) is 90.7 Å². The van der Waals surface area contributed by atoms with E-state index in [1.165, 1.54) is 13.2 Å². The summed E-state index contributed by atoms with van der Waals surface area (Å²) in [5.74, 6) is -0.217. The van der Waals surface area contributed by atoms with Crippen molar-refractivity contribution in [2.24, 2.45) is 0 Å². The van der Waals surface area contributed by atoms with Gasteiger partial charge in [-0.25, -0.2) is 4.79 Å². The summed E-state index contributed by atoms with van der Waals surface area (Å²) in [6, 6.07) is 2.35. The van der Waals surface area contributed by atoms with Crippen LogP contribution in [0.4, 0.5) is 5.69 Å². The van der Waals surface area contributed by atoms with E-state index in [-0.39, 0.29) is 18.0 Å². The first-order valence-electron chi connectivity index (χ1n) is 6.33. The van der Waals surface area contributed by atoms with Gasteiger partial charge in [-0.05, 0) is 30.5 Å². The molecule has 20 heavy (non-hydrogen) atoms. The molecule has 1 N–H and O–H groups in total. The Morgan fingerprint density at radius 3 is 2.90 bits per heavy atom. The summed E-state index contributed by atoms with van der Waals surface area (Å²) in [5.41, 5.74) is 1.30. The second-order valence-corrected chi connectivity index (χ2v) is 4.37. The van der Waals surface area contributed by atoms with Crippen molar-refractivity contribution in [1.29, 1.82) is 0 Å². The first kappa shape index (κ1) is 14.3. The molecule has 0 aliphatic carbocycles. The second-order valence-electron chi connectivity index (χ2n) is 4.37. The normalized spacial score (nSPS) is 17.2. The lowest BCUT2D eigenvalue weighted by molar-refractivity contribution is -0.385. The Kier molecular flexibility index (Phi) is 4.19. The summed E-state index contributed by atoms with van der Waals surface area (Å²) < 4.78 is 10.0. The van der Waals surface area contributed by atoms with E-state index in [4.69, 9.17) is 9.47 Å². The lowest BCUT2D eigenvalue weighted by Gasteiger charge is -2.25. The lowest BCUT2D eigenvalue weighted by atomic mass is 9.93. The SMILES string of the molecule is CCOC(=O)C1NCCc2cc(OC)c([N+](=O)[O-])cc21. The van der Waals surface area contributed by atoms with Crippen molar-refractivity contribution in [2.45, 2.75) is 19.4 Å². The minimum Gasteiger partial charge on any atom is -0.490 e. The molecular weight excluding hydrogens is 264 g/mol. The number of methoxy groups -OCH3 is 1. The van der Waals surface area contributed by atoms with Gasteiger partial charge >= 0.3 is 11.7 Å². The van der Waals surface area contributed by atoms with Crippen LogP contribution in [-0.2, 0) is 16.0 Å². The predicted octanol–water partition coefficient (Wildman–Crippen LogP) is 1.35. The molecule has 7 heteroatoms. The zero-order valence-electron chi connectivity index (χ0n) is 11.3. The summed E-state index contributed by atoms with van der Waals surface area (Å²) in [4.78, 5) is 22.5. The van der Waals surface area contributed by atoms with Crippen LogP contribution in [0, 0.1) is 10.1 Å². The summed E-state index contributed by atoms with van der Waals surface area (Å²) in [6.07, 6.45) is 0.680. The fourth-order valence-corrected chi connectivity index (χ4v) is 2.32. The Hall–Kier alpha value is -2.15. The number of carbonyl (C=O) groups is 1. The molecule has 1 aliphatic rings. The molecule has 0 radical (unpaired) electrons. The molecule has 2 rings (SSSR count). The van der Waals surface area contributed by atoms with E-state index >= 15 is 0 Å². The third-order valence-corrected chi connectivity index (χ3v) is 3.21. The van der Waals surface area contributed by atoms with Crippen molar-refractivity contribution in [2.75, 3.05) is 20.3 Å². The van der Waals surface area contributed by atoms with Crippen LogP contribution in [0.3, 0.4) is 0 Å². The molecule has 0 saturated carbocycles. The van der Waals surface area contributed by atoms with Gasteiger partial charge in [-0.1, -0.05) is 0 Å². The Balaban J connectivity index is 2.47. The third kappa shape index (κ3) is 2.57. The molecule has 1 atom stereocenters. The van der Waals surface area contributed by atoms with Gasteiger partial charge in [-0.15, -0.1) is 0 Å². The molecule has 0 aromatic heterocycles. The monoisotopic (exact) mass is 280 g/mol. The minimum absolute atomic E-state index is 0.149. The predicted molar refractivity (Wildman–Crippen MR) is 70.7 cm³/mol. The molecule has 108 valence electrons. The molecule has 1 unspecified atom stereocenters. The molecule has 1 aliphatic heterocycles. The highest BCUT2D eigenvalue weighted by Crippen LogP contribution is 2.35. The molecule has 1 aromatic carbocycles. The van der Waals surface area contributed by atoms with Gasteiger partial charge in [0.1, 0.15) is 6.04 Å². The van der Waals surface area contributed by atoms with E-state index in [1.54, 1.807) is 13.0 Å². The van der Waals surface area contributed by atoms with E-state index < -0.39 is 16.9 Å². The van der Waals surface area contributed by atoms with Crippen LogP contribution in [0.25, 0.3) is 0 Å². The molecular formula is C13H16N2O5. The van der Waals surface area contributed by atoms with Crippen LogP contribution in [0.15, 0.2) is 12.1 Å². The standard InChI is InChI=1S/C13H16N2O5/c1-3-20-13(16)12-9-7-10(15(17)18)11(19-2)6-8(9)4-5-14-12/h6-7,12,14H,3-5H2,1-2H3. The van der Waals surface area contributed by atoms with Gasteiger partial charge < -0.3 is 14.8 Å². The van der Waals surface area contributed by atoms with Crippen molar-refractivity contribution >= 4 is 11.7 Å². The minimum atomic E-state index is -0.664. The van der Waals surface area contributed by atoms with Crippen LogP contribution >= 0.6 is 0 Å². The van der Waals surface area contributed by atoms with Gasteiger partial charge in [0.25, 0.3) is 0 Å². The van der Waals surface area contributed by atoms with Gasteiger partial charge in [0.15, 0.2) is 5.75 Å². The molecule has 0 spiro atoms. The van der Waals surface area contributed by atoms with E-state index in [9.17, 15) is 14.9 Å². The quantitative estimate of drug-likeness (QED) is 0.508. The summed E-state index contributed by atoms with van der Waals surface area (Å²) in [7, 11) is 1.39. The number of hydrogen-bond acceptors (Lipinski definition) is 6. The van der Waals surface area contributed by atoms with Crippen LogP contribution in [0.1, 0.15) is 24.1 Å². The van der Waals surface area contributed by atoms with Crippen LogP contribution in [-0.4, -0.2) is 31.2 Å². The first-order valence-corrected chi connectivity index (χ1v) is 6.33. The highest BCUT2D eigenvalue weighted by atomic mass is 16.6. The van der Waals surface area contributed by atoms with Gasteiger partial charge in [0.05, 0.1) is 18.6 Å². The van der Waals surface area contributed by atoms with E-state index in [1.807, 2.05) is 0 Å². The number of benzene rings is 1. The average molecular weight is 280 g/mol. The second kappa shape index (κ2) is 5.87. The average Bonchev–Trinajstić information content (AvgIpc) is 2.45. The number of hydrogen-bond donors (Lipinski definition) is 1. The fourth-order valence-electron chi connectivity index (χ4n) is 2.32. The number of rotatable bonds is 4. The van der Waals surface area contributed by atoms with Crippen molar-refractivity contribution in [3.63, 3.8) is 0 Å². The Morgan fingerprint density at radius 1 is 1.55 bits per heavy atom. The van der Waals surface area contributed by atoms with Crippen molar-refractivity contribution in [3.05, 3.63) is 33.4 Å². The maximum Gasteiger partial charge on any atom is 0.327 e. The van der Waals surface area contributed by atoms with Gasteiger partial charge in [0.2, 0.25) is 0 Å². The molecule has 7 nitrogen and oxygen atoms in total. The zero-order valence-corrected chi connectivity index (χ0v) is 11.3. The van der Waals surface area contributed by atoms with Gasteiger partial charge in [-0.2, -0.15) is 0 Å². The van der Waals surface area contributed by atoms with Crippen molar-refractivity contribution in [3.8, 4) is 5.75 Å². The number of nitrogens with zero attached hydrogens (tertiary/aromatic N) is 1. The Labute approximate surface area is 116 Å². The van der Waals surface area contributed by atoms with Gasteiger partial charge in [-0.3, -0.25) is 10.1 Å². The number of carbonyl (C=O) groups excluding carboxylic acids is 1. The zero-order chi connectivity index (χ0) is 14.7. The summed E-state index contributed by atoms with van der Waals surface area (Å²) >= 11 is 0. The van der Waals surface area contributed by atoms with Crippen LogP contribution in [0.2, 0.25) is 0 Å².